The van der Waals surface area contributed by atoms with Gasteiger partial charge in [0.25, 0.3) is 5.91 Å². The number of hydrogen-bond acceptors (Lipinski definition) is 3. The Labute approximate surface area is 175 Å². The van der Waals surface area contributed by atoms with E-state index >= 15 is 0 Å². The highest BCUT2D eigenvalue weighted by atomic mass is 127. The van der Waals surface area contributed by atoms with Crippen LogP contribution in [0.5, 0.6) is 0 Å². The number of carbonyl (C=O) groups is 2. The molecule has 0 aliphatic carbocycles. The van der Waals surface area contributed by atoms with Crippen molar-refractivity contribution in [1.29, 1.82) is 0 Å². The number of hydrogen-bond donors (Lipinski definition) is 0. The fraction of sp³-hybridized carbons (Fsp3) is 0.619. The summed E-state index contributed by atoms with van der Waals surface area (Å²) in [7, 11) is 0. The van der Waals surface area contributed by atoms with E-state index in [1.165, 1.54) is 0 Å². The molecule has 2 heterocycles. The summed E-state index contributed by atoms with van der Waals surface area (Å²) in [5.74, 6) is 0.132. The molecular formula is C21H29IN2O3. The van der Waals surface area contributed by atoms with Gasteiger partial charge in [0.2, 0.25) is 0 Å². The van der Waals surface area contributed by atoms with Crippen molar-refractivity contribution in [3.63, 3.8) is 0 Å². The molecule has 5 nitrogen and oxygen atoms in total. The van der Waals surface area contributed by atoms with Crippen LogP contribution in [0.3, 0.4) is 0 Å². The Bertz CT molecular complexity index is 678. The maximum Gasteiger partial charge on any atom is 0.410 e. The first-order chi connectivity index (χ1) is 12.7. The van der Waals surface area contributed by atoms with E-state index in [-0.39, 0.29) is 17.4 Å². The number of ether oxygens (including phenoxy) is 1. The van der Waals surface area contributed by atoms with E-state index in [0.717, 1.165) is 61.0 Å². The Kier molecular flexibility index (Phi) is 6.03. The number of benzene rings is 1. The molecular weight excluding hydrogens is 455 g/mol. The molecule has 0 aromatic heterocycles. The molecule has 2 aliphatic rings. The van der Waals surface area contributed by atoms with E-state index in [4.69, 9.17) is 4.74 Å². The molecule has 2 aliphatic heterocycles. The van der Waals surface area contributed by atoms with Crippen molar-refractivity contribution in [1.82, 2.24) is 9.80 Å². The van der Waals surface area contributed by atoms with Gasteiger partial charge in [0, 0.05) is 35.3 Å². The SMILES string of the molecule is CC(C)(C)OC(=O)N1CCC2(CC1)CCN(C(=O)c1ccc(I)cc1)CC2. The maximum absolute atomic E-state index is 12.7. The Morgan fingerprint density at radius 1 is 0.926 bits per heavy atom. The second kappa shape index (κ2) is 7.97. The Hall–Kier alpha value is -1.31. The van der Waals surface area contributed by atoms with Gasteiger partial charge in [-0.15, -0.1) is 0 Å². The third kappa shape index (κ3) is 5.15. The van der Waals surface area contributed by atoms with Crippen LogP contribution >= 0.6 is 22.6 Å². The average molecular weight is 484 g/mol. The molecule has 2 fully saturated rings. The predicted molar refractivity (Wildman–Crippen MR) is 114 cm³/mol. The quantitative estimate of drug-likeness (QED) is 0.550. The fourth-order valence-corrected chi connectivity index (χ4v) is 4.31. The lowest BCUT2D eigenvalue weighted by molar-refractivity contribution is -0.00113. The molecule has 1 spiro atoms. The van der Waals surface area contributed by atoms with Crippen LogP contribution in [0.1, 0.15) is 56.8 Å². The first-order valence-electron chi connectivity index (χ1n) is 9.70. The van der Waals surface area contributed by atoms with Gasteiger partial charge >= 0.3 is 6.09 Å². The number of nitrogens with zero attached hydrogens (tertiary/aromatic N) is 2. The summed E-state index contributed by atoms with van der Waals surface area (Å²) in [6.07, 6.45) is 3.83. The maximum atomic E-state index is 12.7. The van der Waals surface area contributed by atoms with E-state index < -0.39 is 5.60 Å². The van der Waals surface area contributed by atoms with Crippen LogP contribution in [-0.4, -0.2) is 53.6 Å². The molecule has 0 radical (unpaired) electrons. The molecule has 0 N–H and O–H groups in total. The number of halogens is 1. The molecule has 0 saturated carbocycles. The highest BCUT2D eigenvalue weighted by Gasteiger charge is 2.40. The summed E-state index contributed by atoms with van der Waals surface area (Å²) in [5.41, 5.74) is 0.584. The van der Waals surface area contributed by atoms with Crippen LogP contribution in [0.15, 0.2) is 24.3 Å². The van der Waals surface area contributed by atoms with Crippen molar-refractivity contribution in [2.45, 2.75) is 52.1 Å². The van der Waals surface area contributed by atoms with E-state index in [2.05, 4.69) is 22.6 Å². The highest BCUT2D eigenvalue weighted by Crippen LogP contribution is 2.41. The van der Waals surface area contributed by atoms with E-state index in [9.17, 15) is 9.59 Å². The molecule has 148 valence electrons. The molecule has 0 bridgehead atoms. The van der Waals surface area contributed by atoms with Crippen molar-refractivity contribution in [2.75, 3.05) is 26.2 Å². The number of likely N-dealkylation sites (tertiary alicyclic amines) is 2. The fourth-order valence-electron chi connectivity index (χ4n) is 3.95. The second-order valence-corrected chi connectivity index (χ2v) is 10.0. The smallest absolute Gasteiger partial charge is 0.410 e. The summed E-state index contributed by atoms with van der Waals surface area (Å²) in [6, 6.07) is 7.78. The van der Waals surface area contributed by atoms with Gasteiger partial charge in [0.1, 0.15) is 5.60 Å². The van der Waals surface area contributed by atoms with Gasteiger partial charge in [0.15, 0.2) is 0 Å². The second-order valence-electron chi connectivity index (χ2n) is 8.77. The molecule has 2 amide bonds. The van der Waals surface area contributed by atoms with Crippen LogP contribution in [-0.2, 0) is 4.74 Å². The molecule has 6 heteroatoms. The van der Waals surface area contributed by atoms with Crippen molar-refractivity contribution in [3.8, 4) is 0 Å². The molecule has 2 saturated heterocycles. The first kappa shape index (κ1) is 20.4. The molecule has 3 rings (SSSR count). The number of carbonyl (C=O) groups excluding carboxylic acids is 2. The topological polar surface area (TPSA) is 49.9 Å². The van der Waals surface area contributed by atoms with E-state index in [0.29, 0.717) is 0 Å². The van der Waals surface area contributed by atoms with Gasteiger partial charge in [0.05, 0.1) is 0 Å². The third-order valence-electron chi connectivity index (χ3n) is 5.68. The van der Waals surface area contributed by atoms with E-state index in [1.54, 1.807) is 0 Å². The van der Waals surface area contributed by atoms with Crippen LogP contribution in [0.25, 0.3) is 0 Å². The highest BCUT2D eigenvalue weighted by molar-refractivity contribution is 14.1. The number of amides is 2. The summed E-state index contributed by atoms with van der Waals surface area (Å²) in [6.45, 7) is 8.80. The summed E-state index contributed by atoms with van der Waals surface area (Å²) in [4.78, 5) is 28.8. The molecule has 0 atom stereocenters. The van der Waals surface area contributed by atoms with Crippen molar-refractivity contribution in [2.24, 2.45) is 5.41 Å². The molecule has 1 aromatic rings. The lowest BCUT2D eigenvalue weighted by Gasteiger charge is -2.46. The zero-order valence-electron chi connectivity index (χ0n) is 16.5. The minimum absolute atomic E-state index is 0.132. The zero-order chi connectivity index (χ0) is 19.7. The van der Waals surface area contributed by atoms with Gasteiger partial charge < -0.3 is 14.5 Å². The van der Waals surface area contributed by atoms with Gasteiger partial charge in [-0.1, -0.05) is 0 Å². The summed E-state index contributed by atoms with van der Waals surface area (Å²) >= 11 is 2.25. The Morgan fingerprint density at radius 3 is 1.89 bits per heavy atom. The zero-order valence-corrected chi connectivity index (χ0v) is 18.6. The lowest BCUT2D eigenvalue weighted by atomic mass is 9.71. The Morgan fingerprint density at radius 2 is 1.41 bits per heavy atom. The molecule has 27 heavy (non-hydrogen) atoms. The summed E-state index contributed by atoms with van der Waals surface area (Å²) in [5, 5.41) is 0. The minimum atomic E-state index is -0.451. The average Bonchev–Trinajstić information content (AvgIpc) is 2.62. The Balaban J connectivity index is 1.51. The lowest BCUT2D eigenvalue weighted by Crippen LogP contribution is -2.50. The van der Waals surface area contributed by atoms with Gasteiger partial charge in [-0.2, -0.15) is 0 Å². The predicted octanol–water partition coefficient (Wildman–Crippen LogP) is 4.54. The largest absolute Gasteiger partial charge is 0.444 e. The first-order valence-corrected chi connectivity index (χ1v) is 10.8. The summed E-state index contributed by atoms with van der Waals surface area (Å²) < 4.78 is 6.63. The van der Waals surface area contributed by atoms with E-state index in [1.807, 2.05) is 54.8 Å². The van der Waals surface area contributed by atoms with Crippen LogP contribution in [0, 0.1) is 8.99 Å². The van der Waals surface area contributed by atoms with Crippen molar-refractivity contribution >= 4 is 34.6 Å². The normalized spacial score (nSPS) is 19.9. The molecule has 1 aromatic carbocycles. The van der Waals surface area contributed by atoms with Crippen LogP contribution in [0.4, 0.5) is 4.79 Å². The number of rotatable bonds is 1. The monoisotopic (exact) mass is 484 g/mol. The van der Waals surface area contributed by atoms with Crippen molar-refractivity contribution in [3.05, 3.63) is 33.4 Å². The van der Waals surface area contributed by atoms with Gasteiger partial charge in [-0.25, -0.2) is 4.79 Å². The van der Waals surface area contributed by atoms with Crippen LogP contribution < -0.4 is 0 Å². The minimum Gasteiger partial charge on any atom is -0.444 e. The van der Waals surface area contributed by atoms with Crippen molar-refractivity contribution < 1.29 is 14.3 Å². The standard InChI is InChI=1S/C21H29IN2O3/c1-20(2,3)27-19(26)24-14-10-21(11-15-24)8-12-23(13-9-21)18(25)16-4-6-17(22)7-5-16/h4-7H,8-15H2,1-3H3. The van der Waals surface area contributed by atoms with Crippen LogP contribution in [0.2, 0.25) is 0 Å². The van der Waals surface area contributed by atoms with Gasteiger partial charge in [-0.05, 0) is 98.7 Å². The number of piperidine rings is 2. The molecule has 0 unspecified atom stereocenters. The third-order valence-corrected chi connectivity index (χ3v) is 6.40. The van der Waals surface area contributed by atoms with Gasteiger partial charge in [-0.3, -0.25) is 4.79 Å².